The number of nitrogens with one attached hydrogen (secondary N) is 1. The van der Waals surface area contributed by atoms with Gasteiger partial charge in [-0.2, -0.15) is 0 Å². The number of carboxylic acid groups (broad SMARTS) is 1. The number of carbonyl (C=O) groups excluding carboxylic acids is 2. The van der Waals surface area contributed by atoms with Gasteiger partial charge in [-0.05, 0) is 61.3 Å². The second kappa shape index (κ2) is 8.70. The Balaban J connectivity index is 1.23. The normalized spacial score (nSPS) is 22.7. The zero-order valence-electron chi connectivity index (χ0n) is 20.3. The molecule has 0 aromatic heterocycles. The van der Waals surface area contributed by atoms with Crippen LogP contribution in [0.25, 0.3) is 11.1 Å². The van der Waals surface area contributed by atoms with E-state index in [9.17, 15) is 19.5 Å². The van der Waals surface area contributed by atoms with Gasteiger partial charge in [0.1, 0.15) is 6.61 Å². The van der Waals surface area contributed by atoms with Gasteiger partial charge in [0.05, 0.1) is 17.4 Å². The number of ether oxygens (including phenoxy) is 1. The van der Waals surface area contributed by atoms with Crippen LogP contribution >= 0.6 is 0 Å². The molecule has 2 amide bonds. The molecule has 3 aliphatic rings. The van der Waals surface area contributed by atoms with Crippen LogP contribution in [0, 0.1) is 11.3 Å². The quantitative estimate of drug-likeness (QED) is 0.617. The van der Waals surface area contributed by atoms with Crippen molar-refractivity contribution in [2.24, 2.45) is 11.3 Å². The Morgan fingerprint density at radius 1 is 1.09 bits per heavy atom. The van der Waals surface area contributed by atoms with Gasteiger partial charge in [-0.25, -0.2) is 4.79 Å². The molecule has 2 N–H and O–H groups in total. The SMILES string of the molecule is CC1(C(=O)O)CCN(C(=O)CC(C)(NC(=O)OCC2c3ccccc3-c3ccccc32)C2CC2)C1. The molecule has 2 fully saturated rings. The summed E-state index contributed by atoms with van der Waals surface area (Å²) in [6.45, 7) is 4.42. The molecule has 1 heterocycles. The molecule has 0 radical (unpaired) electrons. The Kier molecular flexibility index (Phi) is 5.82. The zero-order chi connectivity index (χ0) is 24.8. The van der Waals surface area contributed by atoms with Crippen LogP contribution in [0.1, 0.15) is 56.6 Å². The number of likely N-dealkylation sites (tertiary alicyclic amines) is 1. The van der Waals surface area contributed by atoms with E-state index in [-0.39, 0.29) is 37.3 Å². The second-order valence-corrected chi connectivity index (χ2v) is 10.8. The fourth-order valence-electron chi connectivity index (χ4n) is 5.65. The van der Waals surface area contributed by atoms with Crippen LogP contribution < -0.4 is 5.32 Å². The van der Waals surface area contributed by atoms with E-state index in [4.69, 9.17) is 4.74 Å². The van der Waals surface area contributed by atoms with Gasteiger partial charge < -0.3 is 20.1 Å². The number of amides is 2. The molecule has 2 aromatic rings. The number of hydrogen-bond acceptors (Lipinski definition) is 4. The number of fused-ring (bicyclic) bond motifs is 3. The minimum Gasteiger partial charge on any atom is -0.481 e. The van der Waals surface area contributed by atoms with Gasteiger partial charge in [0.2, 0.25) is 5.91 Å². The Bertz CT molecular complexity index is 1130. The fourth-order valence-corrected chi connectivity index (χ4v) is 5.65. The first-order valence-corrected chi connectivity index (χ1v) is 12.3. The maximum absolute atomic E-state index is 13.1. The molecule has 1 saturated carbocycles. The molecule has 2 atom stereocenters. The van der Waals surface area contributed by atoms with Gasteiger partial charge in [-0.15, -0.1) is 0 Å². The Morgan fingerprint density at radius 3 is 2.23 bits per heavy atom. The van der Waals surface area contributed by atoms with Crippen molar-refractivity contribution in [2.75, 3.05) is 19.7 Å². The lowest BCUT2D eigenvalue weighted by atomic mass is 9.89. The lowest BCUT2D eigenvalue weighted by molar-refractivity contribution is -0.147. The van der Waals surface area contributed by atoms with Gasteiger partial charge in [0.15, 0.2) is 0 Å². The molecule has 184 valence electrons. The summed E-state index contributed by atoms with van der Waals surface area (Å²) < 4.78 is 5.73. The summed E-state index contributed by atoms with van der Waals surface area (Å²) in [5, 5.41) is 12.5. The predicted molar refractivity (Wildman–Crippen MR) is 131 cm³/mol. The van der Waals surface area contributed by atoms with E-state index in [1.54, 1.807) is 11.8 Å². The van der Waals surface area contributed by atoms with Gasteiger partial charge >= 0.3 is 12.1 Å². The van der Waals surface area contributed by atoms with Crippen LogP contribution in [0.3, 0.4) is 0 Å². The first-order valence-electron chi connectivity index (χ1n) is 12.3. The number of carboxylic acids is 1. The van der Waals surface area contributed by atoms with E-state index in [0.29, 0.717) is 13.0 Å². The van der Waals surface area contributed by atoms with E-state index in [2.05, 4.69) is 29.6 Å². The summed E-state index contributed by atoms with van der Waals surface area (Å²) in [4.78, 5) is 39.2. The molecule has 7 nitrogen and oxygen atoms in total. The zero-order valence-corrected chi connectivity index (χ0v) is 20.3. The van der Waals surface area contributed by atoms with Crippen molar-refractivity contribution in [3.63, 3.8) is 0 Å². The third kappa shape index (κ3) is 4.40. The van der Waals surface area contributed by atoms with Crippen LogP contribution in [-0.4, -0.2) is 53.2 Å². The number of rotatable bonds is 7. The monoisotopic (exact) mass is 476 g/mol. The van der Waals surface area contributed by atoms with E-state index < -0.39 is 23.0 Å². The highest BCUT2D eigenvalue weighted by Gasteiger charge is 2.47. The first kappa shape index (κ1) is 23.4. The van der Waals surface area contributed by atoms with Crippen LogP contribution in [0.2, 0.25) is 0 Å². The van der Waals surface area contributed by atoms with Crippen LogP contribution in [0.5, 0.6) is 0 Å². The number of nitrogens with zero attached hydrogens (tertiary/aromatic N) is 1. The van der Waals surface area contributed by atoms with Crippen molar-refractivity contribution in [1.82, 2.24) is 10.2 Å². The molecule has 5 rings (SSSR count). The second-order valence-electron chi connectivity index (χ2n) is 10.8. The highest BCUT2D eigenvalue weighted by Crippen LogP contribution is 2.45. The van der Waals surface area contributed by atoms with Crippen molar-refractivity contribution in [1.29, 1.82) is 0 Å². The van der Waals surface area contributed by atoms with E-state index in [0.717, 1.165) is 24.0 Å². The van der Waals surface area contributed by atoms with Crippen LogP contribution in [0.4, 0.5) is 4.79 Å². The lowest BCUT2D eigenvalue weighted by Crippen LogP contribution is -2.51. The van der Waals surface area contributed by atoms with Gasteiger partial charge in [0, 0.05) is 19.0 Å². The van der Waals surface area contributed by atoms with Crippen molar-refractivity contribution >= 4 is 18.0 Å². The van der Waals surface area contributed by atoms with Crippen molar-refractivity contribution in [3.05, 3.63) is 59.7 Å². The van der Waals surface area contributed by atoms with Gasteiger partial charge in [-0.3, -0.25) is 9.59 Å². The summed E-state index contributed by atoms with van der Waals surface area (Å²) in [6.07, 6.45) is 1.94. The third-order valence-corrected chi connectivity index (χ3v) is 8.07. The summed E-state index contributed by atoms with van der Waals surface area (Å²) in [5.74, 6) is -0.821. The molecule has 35 heavy (non-hydrogen) atoms. The van der Waals surface area contributed by atoms with Crippen molar-refractivity contribution < 1.29 is 24.2 Å². The van der Waals surface area contributed by atoms with Crippen molar-refractivity contribution in [3.8, 4) is 11.1 Å². The van der Waals surface area contributed by atoms with Crippen molar-refractivity contribution in [2.45, 2.75) is 51.0 Å². The molecule has 0 spiro atoms. The molecule has 1 saturated heterocycles. The summed E-state index contributed by atoms with van der Waals surface area (Å²) in [6, 6.07) is 16.4. The Labute approximate surface area is 205 Å². The molecule has 1 aliphatic heterocycles. The molecule has 7 heteroatoms. The average Bonchev–Trinajstić information content (AvgIpc) is 3.55. The summed E-state index contributed by atoms with van der Waals surface area (Å²) in [7, 11) is 0. The maximum Gasteiger partial charge on any atom is 0.407 e. The lowest BCUT2D eigenvalue weighted by Gasteiger charge is -2.32. The Morgan fingerprint density at radius 2 is 1.69 bits per heavy atom. The number of carbonyl (C=O) groups is 3. The maximum atomic E-state index is 13.1. The van der Waals surface area contributed by atoms with E-state index in [1.165, 1.54) is 11.1 Å². The third-order valence-electron chi connectivity index (χ3n) is 8.07. The van der Waals surface area contributed by atoms with E-state index in [1.807, 2.05) is 31.2 Å². The first-order chi connectivity index (χ1) is 16.7. The minimum absolute atomic E-state index is 0.0275. The summed E-state index contributed by atoms with van der Waals surface area (Å²) in [5.41, 5.74) is 3.01. The number of aliphatic carboxylic acids is 1. The number of alkyl carbamates (subject to hydrolysis) is 1. The minimum atomic E-state index is -0.911. The summed E-state index contributed by atoms with van der Waals surface area (Å²) >= 11 is 0. The highest BCUT2D eigenvalue weighted by molar-refractivity contribution is 5.82. The molecule has 0 bridgehead atoms. The smallest absolute Gasteiger partial charge is 0.407 e. The number of benzene rings is 2. The molecular formula is C28H32N2O5. The standard InChI is InChI=1S/C28H32N2O5/c1-27(25(32)33)13-14-30(17-27)24(31)15-28(2,18-11-12-18)29-26(34)35-16-23-21-9-5-3-7-19(21)20-8-4-6-10-22(20)23/h3-10,18,23H,11-17H2,1-2H3,(H,29,34)(H,32,33). The average molecular weight is 477 g/mol. The highest BCUT2D eigenvalue weighted by atomic mass is 16.5. The fraction of sp³-hybridized carbons (Fsp3) is 0.464. The largest absolute Gasteiger partial charge is 0.481 e. The van der Waals surface area contributed by atoms with Crippen LogP contribution in [0.15, 0.2) is 48.5 Å². The van der Waals surface area contributed by atoms with Crippen LogP contribution in [-0.2, 0) is 14.3 Å². The molecule has 2 aromatic carbocycles. The molecule has 2 aliphatic carbocycles. The topological polar surface area (TPSA) is 95.9 Å². The van der Waals surface area contributed by atoms with Gasteiger partial charge in [-0.1, -0.05) is 48.5 Å². The Hall–Kier alpha value is -3.35. The molecule has 2 unspecified atom stereocenters. The predicted octanol–water partition coefficient (Wildman–Crippen LogP) is 4.41. The van der Waals surface area contributed by atoms with Gasteiger partial charge in [0.25, 0.3) is 0 Å². The number of hydrogen-bond donors (Lipinski definition) is 2. The van der Waals surface area contributed by atoms with E-state index >= 15 is 0 Å². The molecular weight excluding hydrogens is 444 g/mol.